The Kier molecular flexibility index (Phi) is 4.17. The third-order valence-electron chi connectivity index (χ3n) is 2.03. The predicted molar refractivity (Wildman–Crippen MR) is 53.8 cm³/mol. The van der Waals surface area contributed by atoms with Gasteiger partial charge in [-0.05, 0) is 40.2 Å². The van der Waals surface area contributed by atoms with E-state index in [0.717, 1.165) is 19.4 Å². The zero-order valence-electron chi connectivity index (χ0n) is 8.78. The molecule has 1 atom stereocenters. The lowest BCUT2D eigenvalue weighted by Gasteiger charge is -2.27. The summed E-state index contributed by atoms with van der Waals surface area (Å²) in [6.07, 6.45) is 1.87. The van der Waals surface area contributed by atoms with E-state index in [1.165, 1.54) is 0 Å². The van der Waals surface area contributed by atoms with E-state index in [-0.39, 0.29) is 11.2 Å². The Balaban J connectivity index is 3.57. The maximum atomic E-state index is 5.89. The fourth-order valence-corrected chi connectivity index (χ4v) is 0.795. The largest absolute Gasteiger partial charge is 0.326 e. The lowest BCUT2D eigenvalue weighted by molar-refractivity contribution is 0.332. The Labute approximate surface area is 75.9 Å². The van der Waals surface area contributed by atoms with Crippen LogP contribution in [0.3, 0.4) is 0 Å². The molecule has 74 valence electrons. The first-order chi connectivity index (χ1) is 5.27. The van der Waals surface area contributed by atoms with E-state index < -0.39 is 0 Å². The van der Waals surface area contributed by atoms with E-state index >= 15 is 0 Å². The second-order valence-corrected chi connectivity index (χ2v) is 4.44. The molecule has 3 heteroatoms. The summed E-state index contributed by atoms with van der Waals surface area (Å²) >= 11 is 0. The second-order valence-electron chi connectivity index (χ2n) is 4.44. The molecule has 0 rings (SSSR count). The highest BCUT2D eigenvalue weighted by atomic mass is 15.1. The number of hydrogen-bond donors (Lipinski definition) is 3. The minimum absolute atomic E-state index is 0.100. The van der Waals surface area contributed by atoms with E-state index in [0.29, 0.717) is 0 Å². The second kappa shape index (κ2) is 4.21. The summed E-state index contributed by atoms with van der Waals surface area (Å²) in [5, 5.41) is 3.26. The monoisotopic (exact) mass is 173 g/mol. The third-order valence-corrected chi connectivity index (χ3v) is 2.03. The van der Waals surface area contributed by atoms with Gasteiger partial charge in [-0.25, -0.2) is 0 Å². The standard InChI is InChI=1S/C9H23N3/c1-5-9(4,11)12-7-6-8(2,3)10/h12H,5-7,10-11H2,1-4H3. The summed E-state index contributed by atoms with van der Waals surface area (Å²) in [5.74, 6) is 0. The van der Waals surface area contributed by atoms with Gasteiger partial charge in [-0.1, -0.05) is 6.92 Å². The zero-order chi connectivity index (χ0) is 9.83. The SMILES string of the molecule is CCC(C)(N)NCCC(C)(C)N. The fraction of sp³-hybridized carbons (Fsp3) is 1.00. The number of hydrogen-bond acceptors (Lipinski definition) is 3. The maximum absolute atomic E-state index is 5.89. The molecule has 0 saturated heterocycles. The highest BCUT2D eigenvalue weighted by Gasteiger charge is 2.16. The van der Waals surface area contributed by atoms with Crippen LogP contribution >= 0.6 is 0 Å². The molecule has 0 radical (unpaired) electrons. The van der Waals surface area contributed by atoms with E-state index in [2.05, 4.69) is 12.2 Å². The molecule has 0 aromatic carbocycles. The van der Waals surface area contributed by atoms with Crippen LogP contribution in [0.25, 0.3) is 0 Å². The highest BCUT2D eigenvalue weighted by molar-refractivity contribution is 4.78. The number of nitrogens with two attached hydrogens (primary N) is 2. The normalized spacial score (nSPS) is 17.5. The van der Waals surface area contributed by atoms with Crippen LogP contribution < -0.4 is 16.8 Å². The fourth-order valence-electron chi connectivity index (χ4n) is 0.795. The molecule has 0 bridgehead atoms. The van der Waals surface area contributed by atoms with Crippen molar-refractivity contribution in [2.24, 2.45) is 11.5 Å². The van der Waals surface area contributed by atoms with Crippen LogP contribution in [-0.2, 0) is 0 Å². The summed E-state index contributed by atoms with van der Waals surface area (Å²) in [4.78, 5) is 0. The molecule has 0 aliphatic rings. The molecule has 0 saturated carbocycles. The molecule has 0 heterocycles. The average Bonchev–Trinajstić information content (AvgIpc) is 1.84. The van der Waals surface area contributed by atoms with Gasteiger partial charge in [0.05, 0.1) is 5.66 Å². The lowest BCUT2D eigenvalue weighted by Crippen LogP contribution is -2.51. The van der Waals surface area contributed by atoms with E-state index in [4.69, 9.17) is 11.5 Å². The van der Waals surface area contributed by atoms with Gasteiger partial charge in [0.25, 0.3) is 0 Å². The van der Waals surface area contributed by atoms with E-state index in [1.54, 1.807) is 0 Å². The van der Waals surface area contributed by atoms with Crippen LogP contribution in [0.4, 0.5) is 0 Å². The number of rotatable bonds is 5. The number of nitrogens with one attached hydrogen (secondary N) is 1. The van der Waals surface area contributed by atoms with Crippen molar-refractivity contribution in [3.63, 3.8) is 0 Å². The molecule has 3 nitrogen and oxygen atoms in total. The van der Waals surface area contributed by atoms with Gasteiger partial charge in [0, 0.05) is 5.54 Å². The van der Waals surface area contributed by atoms with Crippen molar-refractivity contribution in [2.75, 3.05) is 6.54 Å². The molecule has 0 fully saturated rings. The molecule has 0 aliphatic heterocycles. The van der Waals surface area contributed by atoms with Gasteiger partial charge in [0.1, 0.15) is 0 Å². The van der Waals surface area contributed by atoms with E-state index in [1.807, 2.05) is 20.8 Å². The molecular weight excluding hydrogens is 150 g/mol. The molecule has 5 N–H and O–H groups in total. The van der Waals surface area contributed by atoms with E-state index in [9.17, 15) is 0 Å². The summed E-state index contributed by atoms with van der Waals surface area (Å²) in [7, 11) is 0. The van der Waals surface area contributed by atoms with Crippen molar-refractivity contribution in [3.05, 3.63) is 0 Å². The van der Waals surface area contributed by atoms with Gasteiger partial charge in [0.2, 0.25) is 0 Å². The van der Waals surface area contributed by atoms with Crippen molar-refractivity contribution in [1.82, 2.24) is 5.32 Å². The highest BCUT2D eigenvalue weighted by Crippen LogP contribution is 2.04. The molecule has 0 spiro atoms. The summed E-state index contributed by atoms with van der Waals surface area (Å²) in [5.41, 5.74) is 11.4. The van der Waals surface area contributed by atoms with Crippen LogP contribution in [0.2, 0.25) is 0 Å². The third kappa shape index (κ3) is 6.58. The predicted octanol–water partition coefficient (Wildman–Crippen LogP) is 0.788. The Bertz CT molecular complexity index is 124. The van der Waals surface area contributed by atoms with Crippen LogP contribution in [0.5, 0.6) is 0 Å². The molecule has 0 aromatic rings. The van der Waals surface area contributed by atoms with Crippen molar-refractivity contribution < 1.29 is 0 Å². The summed E-state index contributed by atoms with van der Waals surface area (Å²) in [6.45, 7) is 8.99. The zero-order valence-corrected chi connectivity index (χ0v) is 8.78. The van der Waals surface area contributed by atoms with Gasteiger partial charge in [-0.15, -0.1) is 0 Å². The van der Waals surface area contributed by atoms with Gasteiger partial charge < -0.3 is 11.5 Å². The first-order valence-electron chi connectivity index (χ1n) is 4.60. The van der Waals surface area contributed by atoms with Crippen LogP contribution in [0.15, 0.2) is 0 Å². The first kappa shape index (κ1) is 11.9. The minimum Gasteiger partial charge on any atom is -0.326 e. The summed E-state index contributed by atoms with van der Waals surface area (Å²) in [6, 6.07) is 0. The van der Waals surface area contributed by atoms with Gasteiger partial charge in [0.15, 0.2) is 0 Å². The van der Waals surface area contributed by atoms with Gasteiger partial charge in [-0.2, -0.15) is 0 Å². The van der Waals surface area contributed by atoms with Crippen LogP contribution in [0, 0.1) is 0 Å². The average molecular weight is 173 g/mol. The van der Waals surface area contributed by atoms with Crippen molar-refractivity contribution in [3.8, 4) is 0 Å². The quantitative estimate of drug-likeness (QED) is 0.539. The first-order valence-corrected chi connectivity index (χ1v) is 4.60. The smallest absolute Gasteiger partial charge is 0.0630 e. The molecule has 0 amide bonds. The lowest BCUT2D eigenvalue weighted by atomic mass is 10.0. The topological polar surface area (TPSA) is 64.1 Å². The molecule has 0 aromatic heterocycles. The minimum atomic E-state index is -0.245. The Morgan fingerprint density at radius 2 is 1.67 bits per heavy atom. The molecular formula is C9H23N3. The van der Waals surface area contributed by atoms with Gasteiger partial charge >= 0.3 is 0 Å². The Morgan fingerprint density at radius 1 is 1.17 bits per heavy atom. The van der Waals surface area contributed by atoms with Crippen LogP contribution in [0.1, 0.15) is 40.5 Å². The molecule has 12 heavy (non-hydrogen) atoms. The van der Waals surface area contributed by atoms with Crippen molar-refractivity contribution in [2.45, 2.75) is 51.7 Å². The Morgan fingerprint density at radius 3 is 2.00 bits per heavy atom. The Hall–Kier alpha value is -0.120. The van der Waals surface area contributed by atoms with Crippen LogP contribution in [-0.4, -0.2) is 17.7 Å². The van der Waals surface area contributed by atoms with Crippen molar-refractivity contribution >= 4 is 0 Å². The van der Waals surface area contributed by atoms with Gasteiger partial charge in [-0.3, -0.25) is 5.32 Å². The maximum Gasteiger partial charge on any atom is 0.0630 e. The van der Waals surface area contributed by atoms with Crippen molar-refractivity contribution in [1.29, 1.82) is 0 Å². The summed E-state index contributed by atoms with van der Waals surface area (Å²) < 4.78 is 0. The molecule has 0 aliphatic carbocycles. The molecule has 1 unspecified atom stereocenters.